The standard InChI is InChI=1S/C17H28N6O/c1-21-5-3-13(4-6-21)24-14-11-15(17(18)19)20-16(12-14)23-9-7-22(2)8-10-23/h11-13H,3-10H2,1-2H3,(H3,18,19)/p+1. The number of nitrogens with two attached hydrogens (primary N) is 2. The number of piperazine rings is 1. The van der Waals surface area contributed by atoms with Crippen molar-refractivity contribution in [1.82, 2.24) is 14.8 Å². The molecule has 0 bridgehead atoms. The summed E-state index contributed by atoms with van der Waals surface area (Å²) >= 11 is 0. The molecule has 2 fully saturated rings. The van der Waals surface area contributed by atoms with Crippen LogP contribution < -0.4 is 20.8 Å². The van der Waals surface area contributed by atoms with Crippen LogP contribution >= 0.6 is 0 Å². The van der Waals surface area contributed by atoms with E-state index in [-0.39, 0.29) is 11.9 Å². The number of rotatable bonds is 4. The largest absolute Gasteiger partial charge is 0.490 e. The molecular formula is C17H29N6O+. The van der Waals surface area contributed by atoms with Gasteiger partial charge in [-0.2, -0.15) is 0 Å². The zero-order valence-electron chi connectivity index (χ0n) is 14.7. The maximum atomic E-state index is 6.22. The Bertz CT molecular complexity index is 576. The Morgan fingerprint density at radius 1 is 1.08 bits per heavy atom. The van der Waals surface area contributed by atoms with E-state index in [0.717, 1.165) is 63.7 Å². The maximum Gasteiger partial charge on any atom is 0.289 e. The molecule has 1 aromatic heterocycles. The van der Waals surface area contributed by atoms with Crippen LogP contribution in [0.4, 0.5) is 5.82 Å². The predicted molar refractivity (Wildman–Crippen MR) is 95.3 cm³/mol. The van der Waals surface area contributed by atoms with Crippen molar-refractivity contribution in [3.05, 3.63) is 17.8 Å². The minimum absolute atomic E-state index is 0.235. The molecule has 2 aliphatic heterocycles. The van der Waals surface area contributed by atoms with E-state index in [0.29, 0.717) is 5.69 Å². The lowest BCUT2D eigenvalue weighted by atomic mass is 10.1. The van der Waals surface area contributed by atoms with Crippen LogP contribution in [0.5, 0.6) is 5.75 Å². The third kappa shape index (κ3) is 4.15. The van der Waals surface area contributed by atoms with Crippen molar-refractivity contribution in [2.45, 2.75) is 18.9 Å². The van der Waals surface area contributed by atoms with E-state index in [2.05, 4.69) is 33.8 Å². The molecule has 0 aromatic carbocycles. The summed E-state index contributed by atoms with van der Waals surface area (Å²) in [5.74, 6) is 1.95. The first-order valence-electron chi connectivity index (χ1n) is 8.70. The molecule has 132 valence electrons. The summed E-state index contributed by atoms with van der Waals surface area (Å²) in [6.45, 7) is 6.09. The first kappa shape index (κ1) is 17.0. The molecule has 2 saturated heterocycles. The molecule has 2 aliphatic rings. The first-order valence-corrected chi connectivity index (χ1v) is 8.70. The third-order valence-electron chi connectivity index (χ3n) is 4.88. The molecule has 0 radical (unpaired) electrons. The molecule has 4 N–H and O–H groups in total. The van der Waals surface area contributed by atoms with Crippen molar-refractivity contribution in [3.63, 3.8) is 0 Å². The average Bonchev–Trinajstić information content (AvgIpc) is 2.57. The van der Waals surface area contributed by atoms with Gasteiger partial charge in [-0.05, 0) is 26.9 Å². The SMILES string of the molecule is CN1CCC(Oc2cc(C(N)=[NH2+])nc(N3CCN(C)CC3)c2)CC1. The Balaban J connectivity index is 1.76. The normalized spacial score (nSPS) is 21.0. The minimum Gasteiger partial charge on any atom is -0.490 e. The number of aromatic nitrogens is 1. The zero-order chi connectivity index (χ0) is 17.1. The summed E-state index contributed by atoms with van der Waals surface area (Å²) in [6, 6.07) is 3.88. The van der Waals surface area contributed by atoms with Gasteiger partial charge in [-0.25, -0.2) is 4.98 Å². The van der Waals surface area contributed by atoms with Crippen molar-refractivity contribution >= 4 is 11.7 Å². The fourth-order valence-corrected chi connectivity index (χ4v) is 3.20. The fourth-order valence-electron chi connectivity index (χ4n) is 3.20. The van der Waals surface area contributed by atoms with Gasteiger partial charge in [0.1, 0.15) is 17.7 Å². The van der Waals surface area contributed by atoms with E-state index in [4.69, 9.17) is 15.9 Å². The lowest BCUT2D eigenvalue weighted by Crippen LogP contribution is -2.47. The molecule has 7 heteroatoms. The highest BCUT2D eigenvalue weighted by Gasteiger charge is 2.21. The predicted octanol–water partition coefficient (Wildman–Crippen LogP) is -1.23. The summed E-state index contributed by atoms with van der Waals surface area (Å²) in [5, 5.41) is 5.80. The van der Waals surface area contributed by atoms with E-state index in [9.17, 15) is 0 Å². The van der Waals surface area contributed by atoms with Gasteiger partial charge in [0.05, 0.1) is 0 Å². The number of amidine groups is 1. The third-order valence-corrected chi connectivity index (χ3v) is 4.88. The van der Waals surface area contributed by atoms with Crippen molar-refractivity contribution in [2.75, 3.05) is 58.3 Å². The number of piperidine rings is 1. The molecule has 7 nitrogen and oxygen atoms in total. The molecule has 3 rings (SSSR count). The second-order valence-corrected chi connectivity index (χ2v) is 6.91. The summed E-state index contributed by atoms with van der Waals surface area (Å²) in [4.78, 5) is 11.5. The van der Waals surface area contributed by atoms with E-state index in [1.165, 1.54) is 0 Å². The van der Waals surface area contributed by atoms with E-state index >= 15 is 0 Å². The second-order valence-electron chi connectivity index (χ2n) is 6.91. The highest BCUT2D eigenvalue weighted by atomic mass is 16.5. The number of nitrogens with zero attached hydrogens (tertiary/aromatic N) is 4. The number of likely N-dealkylation sites (N-methyl/N-ethyl adjacent to an activating group) is 1. The molecule has 0 atom stereocenters. The number of pyridine rings is 1. The van der Waals surface area contributed by atoms with Gasteiger partial charge in [0.25, 0.3) is 5.84 Å². The Labute approximate surface area is 143 Å². The summed E-state index contributed by atoms with van der Waals surface area (Å²) in [5.41, 5.74) is 6.40. The molecule has 0 spiro atoms. The van der Waals surface area contributed by atoms with E-state index < -0.39 is 0 Å². The van der Waals surface area contributed by atoms with Crippen molar-refractivity contribution in [3.8, 4) is 5.75 Å². The van der Waals surface area contributed by atoms with E-state index in [1.54, 1.807) is 0 Å². The number of anilines is 1. The molecular weight excluding hydrogens is 304 g/mol. The van der Waals surface area contributed by atoms with Gasteiger partial charge in [0.2, 0.25) is 0 Å². The van der Waals surface area contributed by atoms with Crippen LogP contribution in [-0.4, -0.2) is 80.1 Å². The molecule has 0 saturated carbocycles. The Kier molecular flexibility index (Phi) is 5.20. The van der Waals surface area contributed by atoms with Crippen molar-refractivity contribution < 1.29 is 10.1 Å². The minimum atomic E-state index is 0.235. The van der Waals surface area contributed by atoms with Gasteiger partial charge < -0.3 is 19.4 Å². The highest BCUT2D eigenvalue weighted by Crippen LogP contribution is 2.24. The van der Waals surface area contributed by atoms with Gasteiger partial charge in [0, 0.05) is 51.4 Å². The number of hydrogen-bond donors (Lipinski definition) is 2. The maximum absolute atomic E-state index is 6.22. The van der Waals surface area contributed by atoms with Crippen LogP contribution in [0.1, 0.15) is 18.5 Å². The van der Waals surface area contributed by atoms with Gasteiger partial charge in [-0.15, -0.1) is 0 Å². The molecule has 24 heavy (non-hydrogen) atoms. The molecule has 3 heterocycles. The molecule has 0 unspecified atom stereocenters. The molecule has 0 aliphatic carbocycles. The Hall–Kier alpha value is -1.86. The number of ether oxygens (including phenoxy) is 1. The van der Waals surface area contributed by atoms with Crippen LogP contribution in [0.15, 0.2) is 12.1 Å². The summed E-state index contributed by atoms with van der Waals surface area (Å²) < 4.78 is 6.22. The highest BCUT2D eigenvalue weighted by molar-refractivity contribution is 5.91. The average molecular weight is 333 g/mol. The number of likely N-dealkylation sites (tertiary alicyclic amines) is 1. The van der Waals surface area contributed by atoms with Gasteiger partial charge in [-0.1, -0.05) is 0 Å². The van der Waals surface area contributed by atoms with Gasteiger partial charge in [0.15, 0.2) is 5.69 Å². The smallest absolute Gasteiger partial charge is 0.289 e. The van der Waals surface area contributed by atoms with Crippen LogP contribution in [-0.2, 0) is 0 Å². The topological polar surface area (TPSA) is 83.4 Å². The van der Waals surface area contributed by atoms with Gasteiger partial charge in [-0.3, -0.25) is 11.1 Å². The van der Waals surface area contributed by atoms with Crippen LogP contribution in [0.25, 0.3) is 0 Å². The summed E-state index contributed by atoms with van der Waals surface area (Å²) in [7, 11) is 4.29. The van der Waals surface area contributed by atoms with E-state index in [1.807, 2.05) is 12.1 Å². The Morgan fingerprint density at radius 2 is 1.71 bits per heavy atom. The van der Waals surface area contributed by atoms with Crippen LogP contribution in [0.3, 0.4) is 0 Å². The zero-order valence-corrected chi connectivity index (χ0v) is 14.7. The second kappa shape index (κ2) is 7.36. The van der Waals surface area contributed by atoms with Gasteiger partial charge >= 0.3 is 0 Å². The first-order chi connectivity index (χ1) is 11.5. The Morgan fingerprint density at radius 3 is 2.33 bits per heavy atom. The fraction of sp³-hybridized carbons (Fsp3) is 0.647. The van der Waals surface area contributed by atoms with Crippen molar-refractivity contribution in [2.24, 2.45) is 5.73 Å². The monoisotopic (exact) mass is 333 g/mol. The quantitative estimate of drug-likeness (QED) is 0.530. The van der Waals surface area contributed by atoms with Crippen molar-refractivity contribution in [1.29, 1.82) is 0 Å². The number of hydrogen-bond acceptors (Lipinski definition) is 5. The van der Waals surface area contributed by atoms with Crippen LogP contribution in [0.2, 0.25) is 0 Å². The summed E-state index contributed by atoms with van der Waals surface area (Å²) in [6.07, 6.45) is 2.33. The molecule has 0 amide bonds. The lowest BCUT2D eigenvalue weighted by molar-refractivity contribution is -0.114. The molecule has 1 aromatic rings. The van der Waals surface area contributed by atoms with Crippen LogP contribution in [0, 0.1) is 0 Å². The lowest BCUT2D eigenvalue weighted by Gasteiger charge is -2.34.